The molecule has 2 rings (SSSR count). The number of aryl methyl sites for hydroxylation is 2. The summed E-state index contributed by atoms with van der Waals surface area (Å²) in [5, 5.41) is 9.84. The number of anilines is 1. The van der Waals surface area contributed by atoms with Crippen molar-refractivity contribution >= 4 is 32.7 Å². The van der Waals surface area contributed by atoms with Crippen molar-refractivity contribution in [2.75, 3.05) is 5.73 Å². The number of hydrogen-bond donors (Lipinski definition) is 1. The number of nitrogens with zero attached hydrogens (tertiary/aromatic N) is 3. The van der Waals surface area contributed by atoms with Crippen LogP contribution < -0.4 is 5.73 Å². The minimum absolute atomic E-state index is 0.394. The number of aromatic nitrogens is 2. The summed E-state index contributed by atoms with van der Waals surface area (Å²) in [5.74, 6) is 0.394. The zero-order valence-electron chi connectivity index (χ0n) is 8.87. The van der Waals surface area contributed by atoms with Gasteiger partial charge in [0.2, 0.25) is 0 Å². The largest absolute Gasteiger partial charge is 0.383 e. The van der Waals surface area contributed by atoms with Gasteiger partial charge in [-0.25, -0.2) is 4.98 Å². The number of fused-ring (bicyclic) bond motifs is 1. The topological polar surface area (TPSA) is 75.6 Å². The van der Waals surface area contributed by atoms with E-state index in [-0.39, 0.29) is 0 Å². The van der Waals surface area contributed by atoms with Gasteiger partial charge in [0.25, 0.3) is 0 Å². The molecule has 80 valence electrons. The molecule has 2 N–H and O–H groups in total. The highest BCUT2D eigenvalue weighted by Crippen LogP contribution is 2.29. The molecule has 0 saturated heterocycles. The molecule has 0 aromatic carbocycles. The second-order valence-electron chi connectivity index (χ2n) is 3.58. The van der Waals surface area contributed by atoms with Crippen LogP contribution in [0, 0.1) is 25.2 Å². The first-order chi connectivity index (χ1) is 7.54. The number of pyridine rings is 2. The summed E-state index contributed by atoms with van der Waals surface area (Å²) < 4.78 is 0.442. The number of nitrogen functional groups attached to an aromatic ring is 1. The average molecular weight is 277 g/mol. The van der Waals surface area contributed by atoms with Crippen molar-refractivity contribution in [1.82, 2.24) is 9.97 Å². The second-order valence-corrected chi connectivity index (χ2v) is 4.33. The van der Waals surface area contributed by atoms with E-state index in [1.807, 2.05) is 19.9 Å². The van der Waals surface area contributed by atoms with Gasteiger partial charge in [-0.2, -0.15) is 5.26 Å². The van der Waals surface area contributed by atoms with Gasteiger partial charge in [0.15, 0.2) is 0 Å². The third kappa shape index (κ3) is 1.51. The molecular weight excluding hydrogens is 268 g/mol. The van der Waals surface area contributed by atoms with Crippen molar-refractivity contribution in [2.24, 2.45) is 0 Å². The van der Waals surface area contributed by atoms with Crippen LogP contribution in [0.4, 0.5) is 5.82 Å². The fourth-order valence-electron chi connectivity index (χ4n) is 1.76. The van der Waals surface area contributed by atoms with E-state index in [1.165, 1.54) is 0 Å². The predicted octanol–water partition coefficient (Wildman–Crippen LogP) is 2.46. The SMILES string of the molecule is Cc1cc(C)c2c(N)nc(Br)c(C#N)c2n1. The Bertz CT molecular complexity index is 620. The highest BCUT2D eigenvalue weighted by Gasteiger charge is 2.13. The van der Waals surface area contributed by atoms with Crippen molar-refractivity contribution in [3.63, 3.8) is 0 Å². The van der Waals surface area contributed by atoms with Gasteiger partial charge in [-0.1, -0.05) is 0 Å². The Labute approximate surface area is 101 Å². The number of halogens is 1. The second kappa shape index (κ2) is 3.72. The lowest BCUT2D eigenvalue weighted by molar-refractivity contribution is 1.20. The quantitative estimate of drug-likeness (QED) is 0.750. The van der Waals surface area contributed by atoms with E-state index in [0.717, 1.165) is 16.6 Å². The molecule has 0 saturated carbocycles. The molecule has 16 heavy (non-hydrogen) atoms. The van der Waals surface area contributed by atoms with Crippen LogP contribution in [0.15, 0.2) is 10.7 Å². The highest BCUT2D eigenvalue weighted by atomic mass is 79.9. The molecule has 2 heterocycles. The Morgan fingerprint density at radius 2 is 2.06 bits per heavy atom. The van der Waals surface area contributed by atoms with E-state index in [0.29, 0.717) is 21.5 Å². The fraction of sp³-hybridized carbons (Fsp3) is 0.182. The number of hydrogen-bond acceptors (Lipinski definition) is 4. The van der Waals surface area contributed by atoms with Gasteiger partial charge >= 0.3 is 0 Å². The smallest absolute Gasteiger partial charge is 0.134 e. The molecule has 2 aromatic rings. The van der Waals surface area contributed by atoms with Gasteiger partial charge < -0.3 is 5.73 Å². The van der Waals surface area contributed by atoms with Crippen molar-refractivity contribution in [1.29, 1.82) is 5.26 Å². The molecule has 0 unspecified atom stereocenters. The van der Waals surface area contributed by atoms with Crippen LogP contribution in [0.3, 0.4) is 0 Å². The molecule has 5 heteroatoms. The first kappa shape index (κ1) is 10.8. The van der Waals surface area contributed by atoms with E-state index >= 15 is 0 Å². The van der Waals surface area contributed by atoms with Crippen LogP contribution >= 0.6 is 15.9 Å². The summed E-state index contributed by atoms with van der Waals surface area (Å²) in [7, 11) is 0. The number of nitrogens with two attached hydrogens (primary N) is 1. The van der Waals surface area contributed by atoms with Crippen molar-refractivity contribution < 1.29 is 0 Å². The molecule has 2 aromatic heterocycles. The van der Waals surface area contributed by atoms with Crippen LogP contribution in [0.2, 0.25) is 0 Å². The zero-order valence-corrected chi connectivity index (χ0v) is 10.5. The Balaban J connectivity index is 3.07. The molecule has 0 spiro atoms. The third-order valence-electron chi connectivity index (χ3n) is 2.37. The molecule has 0 bridgehead atoms. The molecule has 0 amide bonds. The third-order valence-corrected chi connectivity index (χ3v) is 2.95. The first-order valence-corrected chi connectivity index (χ1v) is 5.47. The van der Waals surface area contributed by atoms with Gasteiger partial charge in [-0.15, -0.1) is 0 Å². The molecular formula is C11H9BrN4. The van der Waals surface area contributed by atoms with Gasteiger partial charge in [0, 0.05) is 11.1 Å². The van der Waals surface area contributed by atoms with Crippen molar-refractivity contribution in [3.8, 4) is 6.07 Å². The molecule has 0 fully saturated rings. The van der Waals surface area contributed by atoms with E-state index in [1.54, 1.807) is 0 Å². The Morgan fingerprint density at radius 3 is 2.69 bits per heavy atom. The predicted molar refractivity (Wildman–Crippen MR) is 65.8 cm³/mol. The minimum atomic E-state index is 0.394. The maximum atomic E-state index is 9.09. The summed E-state index contributed by atoms with van der Waals surface area (Å²) in [4.78, 5) is 8.45. The maximum Gasteiger partial charge on any atom is 0.134 e. The normalized spacial score (nSPS) is 10.4. The van der Waals surface area contributed by atoms with Crippen LogP contribution in [0.1, 0.15) is 16.8 Å². The molecule has 0 atom stereocenters. The molecule has 0 radical (unpaired) electrons. The van der Waals surface area contributed by atoms with Gasteiger partial charge in [0.05, 0.1) is 5.52 Å². The van der Waals surface area contributed by atoms with Crippen LogP contribution in [0.25, 0.3) is 10.9 Å². The fourth-order valence-corrected chi connectivity index (χ4v) is 2.22. The molecule has 0 aliphatic rings. The van der Waals surface area contributed by atoms with Crippen LogP contribution in [-0.2, 0) is 0 Å². The Hall–Kier alpha value is -1.67. The molecule has 0 aliphatic carbocycles. The van der Waals surface area contributed by atoms with Crippen LogP contribution in [-0.4, -0.2) is 9.97 Å². The lowest BCUT2D eigenvalue weighted by Gasteiger charge is -2.08. The minimum Gasteiger partial charge on any atom is -0.383 e. The monoisotopic (exact) mass is 276 g/mol. The van der Waals surface area contributed by atoms with Gasteiger partial charge in [-0.05, 0) is 41.4 Å². The van der Waals surface area contributed by atoms with E-state index < -0.39 is 0 Å². The zero-order chi connectivity index (χ0) is 11.9. The summed E-state index contributed by atoms with van der Waals surface area (Å²) in [6.45, 7) is 3.82. The first-order valence-electron chi connectivity index (χ1n) is 4.67. The number of nitriles is 1. The Kier molecular flexibility index (Phi) is 2.52. The molecule has 4 nitrogen and oxygen atoms in total. The maximum absolute atomic E-state index is 9.09. The summed E-state index contributed by atoms with van der Waals surface area (Å²) >= 11 is 3.22. The van der Waals surface area contributed by atoms with Crippen molar-refractivity contribution in [3.05, 3.63) is 27.5 Å². The van der Waals surface area contributed by atoms with Crippen molar-refractivity contribution in [2.45, 2.75) is 13.8 Å². The Morgan fingerprint density at radius 1 is 1.38 bits per heavy atom. The lowest BCUT2D eigenvalue weighted by atomic mass is 10.1. The van der Waals surface area contributed by atoms with Gasteiger partial charge in [-0.3, -0.25) is 4.98 Å². The summed E-state index contributed by atoms with van der Waals surface area (Å²) in [6.07, 6.45) is 0. The van der Waals surface area contributed by atoms with E-state index in [2.05, 4.69) is 32.0 Å². The molecule has 0 aliphatic heterocycles. The average Bonchev–Trinajstić information content (AvgIpc) is 2.15. The van der Waals surface area contributed by atoms with E-state index in [4.69, 9.17) is 11.0 Å². The summed E-state index contributed by atoms with van der Waals surface area (Å²) in [6, 6.07) is 4.02. The van der Waals surface area contributed by atoms with Gasteiger partial charge in [0.1, 0.15) is 22.1 Å². The van der Waals surface area contributed by atoms with E-state index in [9.17, 15) is 0 Å². The number of rotatable bonds is 0. The standard InChI is InChI=1S/C11H9BrN4/c1-5-3-6(2)15-9-7(4-13)10(12)16-11(14)8(5)9/h3H,1-2H3,(H2,14,16). The lowest BCUT2D eigenvalue weighted by Crippen LogP contribution is -2.00. The highest BCUT2D eigenvalue weighted by molar-refractivity contribution is 9.10. The summed E-state index contributed by atoms with van der Waals surface area (Å²) in [5.41, 5.74) is 8.72. The van der Waals surface area contributed by atoms with Crippen LogP contribution in [0.5, 0.6) is 0 Å².